The van der Waals surface area contributed by atoms with E-state index in [2.05, 4.69) is 34.0 Å². The highest BCUT2D eigenvalue weighted by Crippen LogP contribution is 2.88. The third-order valence-electron chi connectivity index (χ3n) is 9.71. The van der Waals surface area contributed by atoms with E-state index in [4.69, 9.17) is 9.40 Å². The summed E-state index contributed by atoms with van der Waals surface area (Å²) in [6, 6.07) is 5.43. The van der Waals surface area contributed by atoms with Crippen molar-refractivity contribution in [2.75, 3.05) is 0 Å². The number of nitrogens with zero attached hydrogens (tertiary/aromatic N) is 5. The lowest BCUT2D eigenvalue weighted by Crippen LogP contribution is -2.72. The molecule has 39 heavy (non-hydrogen) atoms. The predicted molar refractivity (Wildman–Crippen MR) is 129 cm³/mol. The average molecular weight is 538 g/mol. The fourth-order valence-electron chi connectivity index (χ4n) is 7.39. The quantitative estimate of drug-likeness (QED) is 0.334. The van der Waals surface area contributed by atoms with E-state index in [9.17, 15) is 22.7 Å². The van der Waals surface area contributed by atoms with Crippen LogP contribution >= 0.6 is 0 Å². The topological polar surface area (TPSA) is 97.8 Å². The van der Waals surface area contributed by atoms with E-state index in [0.717, 1.165) is 31.6 Å². The normalized spacial score (nSPS) is 29.8. The molecule has 2 saturated carbocycles. The molecule has 0 bridgehead atoms. The summed E-state index contributed by atoms with van der Waals surface area (Å²) in [6.45, 7) is 5.35. The zero-order valence-electron chi connectivity index (χ0n) is 21.2. The van der Waals surface area contributed by atoms with Crippen LogP contribution in [0.2, 0.25) is 0 Å². The Bertz CT molecular complexity index is 1660. The molecule has 3 heterocycles. The largest absolute Gasteiger partial charge is 0.443 e. The molecule has 3 aromatic heterocycles. The van der Waals surface area contributed by atoms with Gasteiger partial charge < -0.3 is 9.52 Å². The van der Waals surface area contributed by atoms with Gasteiger partial charge >= 0.3 is 0 Å². The Labute approximate surface area is 220 Å². The predicted octanol–water partition coefficient (Wildman–Crippen LogP) is 5.54. The standard InChI is InChI=1S/C28H23F4N5O2/c1-25-8-14-13-7-17(21-15(29)5-4-6-16(21)30)36-37-22(13)28(12-25,27(14,25)3)19-10-33-9-18(34-19)23-35-20(11-39-23)26(2,38)24(31)32/h4-7,9-11,14,24,38H,8,12H2,1-3H3/t14-,25?,26+,27?,28-/m0/s1. The van der Waals surface area contributed by atoms with E-state index < -0.39 is 29.1 Å². The molecule has 4 aromatic rings. The molecule has 11 heteroatoms. The summed E-state index contributed by atoms with van der Waals surface area (Å²) in [5.74, 6) is -1.39. The molecule has 0 amide bonds. The van der Waals surface area contributed by atoms with Crippen molar-refractivity contribution in [1.82, 2.24) is 25.1 Å². The minimum Gasteiger partial charge on any atom is -0.443 e. The van der Waals surface area contributed by atoms with Crippen LogP contribution in [0.3, 0.4) is 0 Å². The second-order valence-electron chi connectivity index (χ2n) is 11.5. The maximum absolute atomic E-state index is 14.6. The highest BCUT2D eigenvalue weighted by molar-refractivity contribution is 5.66. The van der Waals surface area contributed by atoms with Gasteiger partial charge in [0.25, 0.3) is 6.43 Å². The zero-order valence-corrected chi connectivity index (χ0v) is 21.2. The summed E-state index contributed by atoms with van der Waals surface area (Å²) < 4.78 is 61.2. The van der Waals surface area contributed by atoms with Crippen LogP contribution in [0.15, 0.2) is 47.3 Å². The van der Waals surface area contributed by atoms with E-state index in [-0.39, 0.29) is 45.3 Å². The van der Waals surface area contributed by atoms with Gasteiger partial charge in [-0.3, -0.25) is 4.98 Å². The molecule has 200 valence electrons. The second kappa shape index (κ2) is 7.47. The van der Waals surface area contributed by atoms with E-state index >= 15 is 0 Å². The number of benzene rings is 1. The summed E-state index contributed by atoms with van der Waals surface area (Å²) >= 11 is 0. The smallest absolute Gasteiger partial charge is 0.272 e. The van der Waals surface area contributed by atoms with E-state index in [1.165, 1.54) is 24.4 Å². The van der Waals surface area contributed by atoms with Gasteiger partial charge in [-0.2, -0.15) is 5.10 Å². The number of rotatable bonds is 5. The van der Waals surface area contributed by atoms with Crippen LogP contribution in [0.25, 0.3) is 22.8 Å². The van der Waals surface area contributed by atoms with Gasteiger partial charge in [-0.1, -0.05) is 19.9 Å². The van der Waals surface area contributed by atoms with Crippen LogP contribution in [-0.2, 0) is 11.0 Å². The van der Waals surface area contributed by atoms with E-state index in [0.29, 0.717) is 11.4 Å². The lowest BCUT2D eigenvalue weighted by Gasteiger charge is -2.75. The van der Waals surface area contributed by atoms with Gasteiger partial charge in [-0.05, 0) is 60.3 Å². The first-order valence-electron chi connectivity index (χ1n) is 12.6. The number of hydrogen-bond donors (Lipinski definition) is 1. The van der Waals surface area contributed by atoms with Crippen molar-refractivity contribution in [1.29, 1.82) is 0 Å². The van der Waals surface area contributed by atoms with Gasteiger partial charge in [0.2, 0.25) is 5.89 Å². The number of aliphatic hydroxyl groups is 1. The lowest BCUT2D eigenvalue weighted by atomic mass is 9.27. The average Bonchev–Trinajstić information content (AvgIpc) is 3.41. The molecule has 7 rings (SSSR count). The molecule has 2 fully saturated rings. The molecule has 1 N–H and O–H groups in total. The Hall–Kier alpha value is -3.73. The van der Waals surface area contributed by atoms with Crippen molar-refractivity contribution in [3.05, 3.63) is 77.2 Å². The minimum atomic E-state index is -3.06. The summed E-state index contributed by atoms with van der Waals surface area (Å²) in [6.07, 6.45) is 2.59. The fourth-order valence-corrected chi connectivity index (χ4v) is 7.39. The van der Waals surface area contributed by atoms with Gasteiger partial charge in [0.05, 0.1) is 34.3 Å². The van der Waals surface area contributed by atoms with Crippen LogP contribution in [0, 0.1) is 22.5 Å². The summed E-state index contributed by atoms with van der Waals surface area (Å²) in [7, 11) is 0. The van der Waals surface area contributed by atoms with Crippen molar-refractivity contribution >= 4 is 0 Å². The van der Waals surface area contributed by atoms with Crippen LogP contribution in [0.4, 0.5) is 17.6 Å². The van der Waals surface area contributed by atoms with Gasteiger partial charge in [-0.25, -0.2) is 27.5 Å². The molecule has 3 aliphatic carbocycles. The first-order chi connectivity index (χ1) is 18.4. The van der Waals surface area contributed by atoms with Gasteiger partial charge in [-0.15, -0.1) is 5.10 Å². The van der Waals surface area contributed by atoms with Gasteiger partial charge in [0, 0.05) is 6.20 Å². The number of alkyl halides is 2. The Morgan fingerprint density at radius 1 is 1.08 bits per heavy atom. The first kappa shape index (κ1) is 24.3. The van der Waals surface area contributed by atoms with Crippen molar-refractivity contribution in [3.8, 4) is 22.8 Å². The number of halogens is 4. The van der Waals surface area contributed by atoms with Gasteiger partial charge in [0.1, 0.15) is 29.3 Å². The highest BCUT2D eigenvalue weighted by Gasteiger charge is 2.84. The van der Waals surface area contributed by atoms with Gasteiger partial charge in [0.15, 0.2) is 5.60 Å². The first-order valence-corrected chi connectivity index (χ1v) is 12.6. The molecular formula is C28H23F4N5O2. The van der Waals surface area contributed by atoms with Crippen molar-refractivity contribution in [2.24, 2.45) is 10.8 Å². The van der Waals surface area contributed by atoms with Crippen molar-refractivity contribution in [2.45, 2.75) is 57.0 Å². The molecule has 0 saturated heterocycles. The highest BCUT2D eigenvalue weighted by atomic mass is 19.3. The number of aromatic nitrogens is 5. The molecule has 1 aromatic carbocycles. The van der Waals surface area contributed by atoms with E-state index in [1.54, 1.807) is 12.3 Å². The second-order valence-corrected chi connectivity index (χ2v) is 11.5. The Morgan fingerprint density at radius 2 is 1.82 bits per heavy atom. The lowest BCUT2D eigenvalue weighted by molar-refractivity contribution is -0.220. The zero-order chi connectivity index (χ0) is 27.5. The van der Waals surface area contributed by atoms with Crippen LogP contribution in [0.5, 0.6) is 0 Å². The van der Waals surface area contributed by atoms with Crippen LogP contribution in [0.1, 0.15) is 62.2 Å². The third kappa shape index (κ3) is 2.78. The maximum Gasteiger partial charge on any atom is 0.272 e. The van der Waals surface area contributed by atoms with Crippen LogP contribution in [-0.4, -0.2) is 36.7 Å². The summed E-state index contributed by atoms with van der Waals surface area (Å²) in [5, 5.41) is 18.9. The molecule has 2 unspecified atom stereocenters. The fraction of sp³-hybridized carbons (Fsp3) is 0.393. The molecule has 0 spiro atoms. The number of oxazole rings is 1. The van der Waals surface area contributed by atoms with Crippen molar-refractivity contribution in [3.63, 3.8) is 0 Å². The molecule has 5 atom stereocenters. The molecule has 0 aliphatic heterocycles. The number of hydrogen-bond acceptors (Lipinski definition) is 7. The minimum absolute atomic E-state index is 0.00840. The number of fused-ring (bicyclic) bond motifs is 3. The maximum atomic E-state index is 14.6. The molecule has 3 aliphatic rings. The molecular weight excluding hydrogens is 514 g/mol. The van der Waals surface area contributed by atoms with E-state index in [1.807, 2.05) is 0 Å². The SMILES string of the molecule is CC12C[C@H]3c4cc(-c5c(F)cccc5F)nnc4[C@@](c4cncc(-c5nc([C@@](C)(O)C(F)F)co5)n4)(C1)C32C. The Balaban J connectivity index is 1.35. The third-order valence-corrected chi connectivity index (χ3v) is 9.71. The van der Waals surface area contributed by atoms with Crippen LogP contribution < -0.4 is 0 Å². The summed E-state index contributed by atoms with van der Waals surface area (Å²) in [5.41, 5.74) is -1.43. The molecule has 0 radical (unpaired) electrons. The summed E-state index contributed by atoms with van der Waals surface area (Å²) in [4.78, 5) is 13.2. The monoisotopic (exact) mass is 537 g/mol. The molecule has 7 nitrogen and oxygen atoms in total. The van der Waals surface area contributed by atoms with Crippen molar-refractivity contribution < 1.29 is 27.1 Å². The Kier molecular flexibility index (Phi) is 4.66. The Morgan fingerprint density at radius 3 is 2.51 bits per heavy atom.